The highest BCUT2D eigenvalue weighted by atomic mass is 16.4. The molecule has 7 heteroatoms. The van der Waals surface area contributed by atoms with E-state index >= 15 is 0 Å². The van der Waals surface area contributed by atoms with Crippen LogP contribution in [0.3, 0.4) is 0 Å². The van der Waals surface area contributed by atoms with Gasteiger partial charge < -0.3 is 35.4 Å². The largest absolute Gasteiger partial charge is 0.394 e. The first-order chi connectivity index (χ1) is 6.54. The molecule has 0 unspecified atom stereocenters. The molecule has 0 aromatic carbocycles. The van der Waals surface area contributed by atoms with E-state index in [1.807, 2.05) is 0 Å². The van der Waals surface area contributed by atoms with Crippen LogP contribution in [0.2, 0.25) is 0 Å². The highest BCUT2D eigenvalue weighted by Gasteiger charge is 2.22. The Hall–Kier alpha value is -0.570. The first kappa shape index (κ1) is 15.9. The highest BCUT2D eigenvalue weighted by Crippen LogP contribution is 1.96. The number of hydrogen-bond acceptors (Lipinski definition) is 7. The molecule has 0 aliphatic carbocycles. The van der Waals surface area contributed by atoms with Crippen LogP contribution < -0.4 is 0 Å². The number of aliphatic hydroxyl groups is 6. The van der Waals surface area contributed by atoms with Crippen molar-refractivity contribution in [1.29, 1.82) is 0 Å². The van der Waals surface area contributed by atoms with Gasteiger partial charge in [-0.3, -0.25) is 0 Å². The Morgan fingerprint density at radius 2 is 1.43 bits per heavy atom. The van der Waals surface area contributed by atoms with Gasteiger partial charge >= 0.3 is 0 Å². The minimum absolute atomic E-state index is 0.0869. The smallest absolute Gasteiger partial charge is 0.151 e. The van der Waals surface area contributed by atoms with Crippen molar-refractivity contribution in [1.82, 2.24) is 0 Å². The van der Waals surface area contributed by atoms with Gasteiger partial charge in [-0.25, -0.2) is 0 Å². The standard InChI is InChI=1S/C5H10O5.C2H6O2/c6-1-3(8)5(10)4(9)2-7;3-1-2-4/h1,3-5,7-10H,2H2;3-4H,1-2H2/t3-,4+,5+;/m0./s1. The van der Waals surface area contributed by atoms with Gasteiger partial charge in [0.15, 0.2) is 6.29 Å². The van der Waals surface area contributed by atoms with E-state index in [1.165, 1.54) is 0 Å². The van der Waals surface area contributed by atoms with Gasteiger partial charge in [0.25, 0.3) is 0 Å². The lowest BCUT2D eigenvalue weighted by Crippen LogP contribution is -2.40. The lowest BCUT2D eigenvalue weighted by molar-refractivity contribution is -0.127. The SMILES string of the molecule is O=C[C@H](O)[C@@H](O)[C@H](O)CO.OCCO. The molecule has 0 bridgehead atoms. The average molecular weight is 212 g/mol. The second kappa shape index (κ2) is 10.5. The zero-order valence-corrected chi connectivity index (χ0v) is 7.52. The third-order valence-corrected chi connectivity index (χ3v) is 1.17. The van der Waals surface area contributed by atoms with Gasteiger partial charge in [0.2, 0.25) is 0 Å². The molecule has 86 valence electrons. The number of aldehydes is 1. The Kier molecular flexibility index (Phi) is 11.9. The number of carbonyl (C=O) groups is 1. The van der Waals surface area contributed by atoms with Crippen molar-refractivity contribution >= 4 is 6.29 Å². The second-order valence-corrected chi connectivity index (χ2v) is 2.31. The van der Waals surface area contributed by atoms with Crippen molar-refractivity contribution in [2.75, 3.05) is 19.8 Å². The van der Waals surface area contributed by atoms with Crippen LogP contribution in [0.25, 0.3) is 0 Å². The summed E-state index contributed by atoms with van der Waals surface area (Å²) in [7, 11) is 0. The predicted molar refractivity (Wildman–Crippen MR) is 45.3 cm³/mol. The summed E-state index contributed by atoms with van der Waals surface area (Å²) in [5.41, 5.74) is 0. The molecular weight excluding hydrogens is 196 g/mol. The minimum Gasteiger partial charge on any atom is -0.394 e. The van der Waals surface area contributed by atoms with Crippen LogP contribution in [-0.2, 0) is 4.79 Å². The fourth-order valence-corrected chi connectivity index (χ4v) is 0.416. The summed E-state index contributed by atoms with van der Waals surface area (Å²) in [6, 6.07) is 0. The lowest BCUT2D eigenvalue weighted by atomic mass is 10.1. The van der Waals surface area contributed by atoms with Gasteiger partial charge in [0.1, 0.15) is 18.3 Å². The maximum Gasteiger partial charge on any atom is 0.151 e. The van der Waals surface area contributed by atoms with Gasteiger partial charge in [0, 0.05) is 0 Å². The van der Waals surface area contributed by atoms with E-state index in [2.05, 4.69) is 0 Å². The fraction of sp³-hybridized carbons (Fsp3) is 0.857. The molecule has 0 aromatic heterocycles. The Morgan fingerprint density at radius 3 is 1.64 bits per heavy atom. The zero-order valence-electron chi connectivity index (χ0n) is 7.52. The highest BCUT2D eigenvalue weighted by molar-refractivity contribution is 5.56. The maximum atomic E-state index is 9.76. The molecule has 0 aliphatic heterocycles. The second-order valence-electron chi connectivity index (χ2n) is 2.31. The predicted octanol–water partition coefficient (Wildman–Crippen LogP) is -3.77. The molecule has 3 atom stereocenters. The molecule has 0 radical (unpaired) electrons. The van der Waals surface area contributed by atoms with Crippen molar-refractivity contribution in [3.05, 3.63) is 0 Å². The number of rotatable bonds is 5. The van der Waals surface area contributed by atoms with Gasteiger partial charge in [-0.05, 0) is 0 Å². The topological polar surface area (TPSA) is 138 Å². The van der Waals surface area contributed by atoms with Gasteiger partial charge in [-0.1, -0.05) is 0 Å². The van der Waals surface area contributed by atoms with E-state index < -0.39 is 24.9 Å². The summed E-state index contributed by atoms with van der Waals surface area (Å²) >= 11 is 0. The number of hydrogen-bond donors (Lipinski definition) is 6. The number of aliphatic hydroxyl groups excluding tert-OH is 6. The fourth-order valence-electron chi connectivity index (χ4n) is 0.416. The van der Waals surface area contributed by atoms with Crippen molar-refractivity contribution < 1.29 is 35.4 Å². The van der Waals surface area contributed by atoms with E-state index in [0.29, 0.717) is 0 Å². The monoisotopic (exact) mass is 212 g/mol. The third kappa shape index (κ3) is 8.05. The first-order valence-corrected chi connectivity index (χ1v) is 3.87. The van der Waals surface area contributed by atoms with Crippen LogP contribution in [0.5, 0.6) is 0 Å². The van der Waals surface area contributed by atoms with Gasteiger partial charge in [0.05, 0.1) is 19.8 Å². The molecule has 0 saturated heterocycles. The van der Waals surface area contributed by atoms with Gasteiger partial charge in [-0.2, -0.15) is 0 Å². The first-order valence-electron chi connectivity index (χ1n) is 3.87. The summed E-state index contributed by atoms with van der Waals surface area (Å²) in [5, 5.41) is 49.3. The van der Waals surface area contributed by atoms with E-state index in [-0.39, 0.29) is 19.5 Å². The van der Waals surface area contributed by atoms with Crippen molar-refractivity contribution in [2.45, 2.75) is 18.3 Å². The van der Waals surface area contributed by atoms with Crippen LogP contribution in [0.4, 0.5) is 0 Å². The van der Waals surface area contributed by atoms with E-state index in [1.54, 1.807) is 0 Å². The summed E-state index contributed by atoms with van der Waals surface area (Å²) in [5.74, 6) is 0. The summed E-state index contributed by atoms with van der Waals surface area (Å²) in [6.07, 6.45) is -4.63. The minimum atomic E-state index is -1.64. The zero-order chi connectivity index (χ0) is 11.6. The lowest BCUT2D eigenvalue weighted by Gasteiger charge is -2.16. The molecule has 0 aromatic rings. The summed E-state index contributed by atoms with van der Waals surface area (Å²) in [6.45, 7) is -0.938. The third-order valence-electron chi connectivity index (χ3n) is 1.17. The van der Waals surface area contributed by atoms with Crippen LogP contribution in [0.15, 0.2) is 0 Å². The molecule has 0 spiro atoms. The molecule has 0 rings (SSSR count). The number of carbonyl (C=O) groups excluding carboxylic acids is 1. The van der Waals surface area contributed by atoms with Crippen molar-refractivity contribution in [3.8, 4) is 0 Å². The maximum absolute atomic E-state index is 9.76. The van der Waals surface area contributed by atoms with Crippen LogP contribution in [0.1, 0.15) is 0 Å². The van der Waals surface area contributed by atoms with Gasteiger partial charge in [-0.15, -0.1) is 0 Å². The van der Waals surface area contributed by atoms with Crippen LogP contribution in [0, 0.1) is 0 Å². The average Bonchev–Trinajstić information content (AvgIpc) is 2.26. The molecule has 0 amide bonds. The Bertz CT molecular complexity index is 127. The van der Waals surface area contributed by atoms with Crippen LogP contribution >= 0.6 is 0 Å². The molecule has 0 saturated carbocycles. The Labute approximate surface area is 80.9 Å². The van der Waals surface area contributed by atoms with Crippen molar-refractivity contribution in [2.24, 2.45) is 0 Å². The van der Waals surface area contributed by atoms with E-state index in [0.717, 1.165) is 0 Å². The van der Waals surface area contributed by atoms with E-state index in [4.69, 9.17) is 30.6 Å². The Balaban J connectivity index is 0. The molecule has 0 aliphatic rings. The molecule has 14 heavy (non-hydrogen) atoms. The molecule has 7 nitrogen and oxygen atoms in total. The normalized spacial score (nSPS) is 16.1. The molecule has 6 N–H and O–H groups in total. The molecule has 0 heterocycles. The van der Waals surface area contributed by atoms with Crippen molar-refractivity contribution in [3.63, 3.8) is 0 Å². The molecular formula is C7H16O7. The quantitative estimate of drug-likeness (QED) is 0.257. The Morgan fingerprint density at radius 1 is 1.00 bits per heavy atom. The summed E-state index contributed by atoms with van der Waals surface area (Å²) in [4.78, 5) is 9.76. The summed E-state index contributed by atoms with van der Waals surface area (Å²) < 4.78 is 0. The molecule has 0 fully saturated rings. The van der Waals surface area contributed by atoms with Crippen LogP contribution in [-0.4, -0.2) is 75.1 Å². The van der Waals surface area contributed by atoms with E-state index in [9.17, 15) is 4.79 Å².